The van der Waals surface area contributed by atoms with Crippen molar-refractivity contribution in [1.82, 2.24) is 0 Å². The molecule has 1 rings (SSSR count). The highest BCUT2D eigenvalue weighted by atomic mass is 16.3. The molecule has 1 aromatic heterocycles. The van der Waals surface area contributed by atoms with Gasteiger partial charge in [0.1, 0.15) is 11.8 Å². The topological polar surface area (TPSA) is 116 Å². The average molecular weight is 195 g/mol. The molecule has 76 valence electrons. The molecule has 6 nitrogen and oxygen atoms in total. The van der Waals surface area contributed by atoms with E-state index >= 15 is 0 Å². The third-order valence-electron chi connectivity index (χ3n) is 1.52. The first-order valence-electron chi connectivity index (χ1n) is 4.06. The van der Waals surface area contributed by atoms with E-state index in [1.54, 1.807) is 18.4 Å². The zero-order valence-corrected chi connectivity index (χ0v) is 7.84. The second-order valence-electron chi connectivity index (χ2n) is 2.72. The maximum absolute atomic E-state index is 5.44. The Morgan fingerprint density at radius 2 is 2.14 bits per heavy atom. The molecule has 0 aliphatic heterocycles. The maximum Gasteiger partial charge on any atom is 0.219 e. The number of nitrogens with zero attached hydrogens (tertiary/aromatic N) is 2. The summed E-state index contributed by atoms with van der Waals surface area (Å²) in [6.45, 7) is 1.83. The maximum atomic E-state index is 5.44. The highest BCUT2D eigenvalue weighted by Crippen LogP contribution is 2.16. The molecule has 1 atom stereocenters. The fraction of sp³-hybridized carbons (Fsp3) is 0.250. The van der Waals surface area contributed by atoms with Crippen LogP contribution in [0.4, 0.5) is 0 Å². The summed E-state index contributed by atoms with van der Waals surface area (Å²) in [7, 11) is 0. The zero-order valence-electron chi connectivity index (χ0n) is 7.84. The molecule has 1 heterocycles. The molecule has 14 heavy (non-hydrogen) atoms. The van der Waals surface area contributed by atoms with Gasteiger partial charge in [-0.2, -0.15) is 4.99 Å². The van der Waals surface area contributed by atoms with E-state index in [4.69, 9.17) is 21.6 Å². The largest absolute Gasteiger partial charge is 0.467 e. The van der Waals surface area contributed by atoms with Gasteiger partial charge in [-0.25, -0.2) is 4.99 Å². The lowest BCUT2D eigenvalue weighted by Gasteiger charge is -2.02. The Morgan fingerprint density at radius 3 is 2.64 bits per heavy atom. The Morgan fingerprint density at radius 1 is 1.43 bits per heavy atom. The normalized spacial score (nSPS) is 13.6. The second kappa shape index (κ2) is 4.31. The van der Waals surface area contributed by atoms with Crippen LogP contribution in [0.1, 0.15) is 18.7 Å². The van der Waals surface area contributed by atoms with Gasteiger partial charge >= 0.3 is 0 Å². The molecule has 0 saturated heterocycles. The summed E-state index contributed by atoms with van der Waals surface area (Å²) in [5, 5.41) is 0. The molecule has 1 aromatic rings. The number of nitrogens with two attached hydrogens (primary N) is 3. The minimum Gasteiger partial charge on any atom is -0.467 e. The van der Waals surface area contributed by atoms with Gasteiger partial charge in [-0.1, -0.05) is 0 Å². The van der Waals surface area contributed by atoms with Crippen LogP contribution in [0.3, 0.4) is 0 Å². The lowest BCUT2D eigenvalue weighted by atomic mass is 10.3. The summed E-state index contributed by atoms with van der Waals surface area (Å²) in [5.74, 6) is 0.630. The van der Waals surface area contributed by atoms with Gasteiger partial charge in [0.25, 0.3) is 0 Å². The molecule has 6 N–H and O–H groups in total. The van der Waals surface area contributed by atoms with Gasteiger partial charge in [-0.05, 0) is 19.1 Å². The Hall–Kier alpha value is -1.98. The van der Waals surface area contributed by atoms with Crippen molar-refractivity contribution in [2.75, 3.05) is 0 Å². The summed E-state index contributed by atoms with van der Waals surface area (Å²) >= 11 is 0. The van der Waals surface area contributed by atoms with E-state index in [1.807, 2.05) is 6.92 Å². The van der Waals surface area contributed by atoms with Gasteiger partial charge in [0.15, 0.2) is 5.96 Å². The van der Waals surface area contributed by atoms with Gasteiger partial charge in [-0.15, -0.1) is 0 Å². The molecule has 0 aliphatic carbocycles. The van der Waals surface area contributed by atoms with E-state index in [0.717, 1.165) is 0 Å². The highest BCUT2D eigenvalue weighted by Gasteiger charge is 2.06. The van der Waals surface area contributed by atoms with Gasteiger partial charge < -0.3 is 21.6 Å². The molecule has 0 saturated carbocycles. The van der Waals surface area contributed by atoms with Crippen LogP contribution >= 0.6 is 0 Å². The van der Waals surface area contributed by atoms with Crippen molar-refractivity contribution in [2.45, 2.75) is 13.0 Å². The van der Waals surface area contributed by atoms with Crippen LogP contribution < -0.4 is 17.2 Å². The fourth-order valence-electron chi connectivity index (χ4n) is 0.952. The SMILES string of the molecule is C[C@H](N=C(N)N=C(N)N)c1ccco1. The molecule has 0 aromatic carbocycles. The number of hydrogen-bond donors (Lipinski definition) is 3. The predicted molar refractivity (Wildman–Crippen MR) is 54.6 cm³/mol. The third kappa shape index (κ3) is 2.81. The van der Waals surface area contributed by atoms with Crippen LogP contribution in [0.25, 0.3) is 0 Å². The summed E-state index contributed by atoms with van der Waals surface area (Å²) in [5.41, 5.74) is 15.7. The van der Waals surface area contributed by atoms with Crippen molar-refractivity contribution in [2.24, 2.45) is 27.2 Å². The van der Waals surface area contributed by atoms with Crippen molar-refractivity contribution in [1.29, 1.82) is 0 Å². The Bertz CT molecular complexity index is 337. The third-order valence-corrected chi connectivity index (χ3v) is 1.52. The molecular formula is C8H13N5O. The van der Waals surface area contributed by atoms with Gasteiger partial charge in [0.05, 0.1) is 6.26 Å². The van der Waals surface area contributed by atoms with Crippen LogP contribution in [-0.4, -0.2) is 11.9 Å². The van der Waals surface area contributed by atoms with Gasteiger partial charge in [0.2, 0.25) is 5.96 Å². The van der Waals surface area contributed by atoms with Crippen molar-refractivity contribution < 1.29 is 4.42 Å². The van der Waals surface area contributed by atoms with Crippen LogP contribution in [0.5, 0.6) is 0 Å². The lowest BCUT2D eigenvalue weighted by molar-refractivity contribution is 0.480. The number of aliphatic imine (C=N–C) groups is 2. The first-order chi connectivity index (χ1) is 6.59. The quantitative estimate of drug-likeness (QED) is 0.452. The van der Waals surface area contributed by atoms with E-state index < -0.39 is 0 Å². The van der Waals surface area contributed by atoms with E-state index in [-0.39, 0.29) is 18.0 Å². The smallest absolute Gasteiger partial charge is 0.219 e. The summed E-state index contributed by atoms with van der Waals surface area (Å²) in [4.78, 5) is 7.60. The minimum absolute atomic E-state index is 0.0360. The molecule has 0 unspecified atom stereocenters. The van der Waals surface area contributed by atoms with Crippen molar-refractivity contribution in [3.8, 4) is 0 Å². The number of furan rings is 1. The summed E-state index contributed by atoms with van der Waals surface area (Å²) in [6.07, 6.45) is 1.57. The van der Waals surface area contributed by atoms with Crippen molar-refractivity contribution in [3.63, 3.8) is 0 Å². The highest BCUT2D eigenvalue weighted by molar-refractivity contribution is 5.92. The van der Waals surface area contributed by atoms with E-state index in [2.05, 4.69) is 9.98 Å². The molecule has 0 radical (unpaired) electrons. The summed E-state index contributed by atoms with van der Waals surface area (Å²) < 4.78 is 5.13. The first kappa shape index (κ1) is 10.1. The lowest BCUT2D eigenvalue weighted by Crippen LogP contribution is -2.26. The molecule has 6 heteroatoms. The van der Waals surface area contributed by atoms with E-state index in [1.165, 1.54) is 0 Å². The standard InChI is InChI=1S/C8H13N5O/c1-5(6-3-2-4-14-6)12-8(11)13-7(9)10/h2-5H,1H3,(H6,9,10,11,12,13)/t5-/m0/s1. The number of rotatable bonds is 2. The predicted octanol–water partition coefficient (Wildman–Crippen LogP) is -0.0713. The van der Waals surface area contributed by atoms with E-state index in [9.17, 15) is 0 Å². The molecule has 0 amide bonds. The zero-order chi connectivity index (χ0) is 10.6. The second-order valence-corrected chi connectivity index (χ2v) is 2.72. The molecule has 0 bridgehead atoms. The van der Waals surface area contributed by atoms with Crippen LogP contribution in [0, 0.1) is 0 Å². The van der Waals surface area contributed by atoms with Crippen molar-refractivity contribution >= 4 is 11.9 Å². The molecular weight excluding hydrogens is 182 g/mol. The molecule has 0 spiro atoms. The van der Waals surface area contributed by atoms with Gasteiger partial charge in [-0.3, -0.25) is 0 Å². The average Bonchev–Trinajstić information content (AvgIpc) is 2.53. The summed E-state index contributed by atoms with van der Waals surface area (Å²) in [6, 6.07) is 3.38. The number of guanidine groups is 2. The van der Waals surface area contributed by atoms with Gasteiger partial charge in [0, 0.05) is 0 Å². The molecule has 0 fully saturated rings. The number of hydrogen-bond acceptors (Lipinski definition) is 2. The van der Waals surface area contributed by atoms with Crippen LogP contribution in [-0.2, 0) is 0 Å². The monoisotopic (exact) mass is 195 g/mol. The van der Waals surface area contributed by atoms with E-state index in [0.29, 0.717) is 5.76 Å². The first-order valence-corrected chi connectivity index (χ1v) is 4.06. The Kier molecular flexibility index (Phi) is 3.11. The minimum atomic E-state index is -0.201. The molecule has 0 aliphatic rings. The van der Waals surface area contributed by atoms with Crippen molar-refractivity contribution in [3.05, 3.63) is 24.2 Å². The fourth-order valence-corrected chi connectivity index (χ4v) is 0.952. The Labute approximate surface area is 81.5 Å². The Balaban J connectivity index is 2.73. The van der Waals surface area contributed by atoms with Crippen LogP contribution in [0.15, 0.2) is 32.8 Å². The van der Waals surface area contributed by atoms with Crippen LogP contribution in [0.2, 0.25) is 0 Å².